The molecule has 0 aliphatic heterocycles. The number of rotatable bonds is 5. The van der Waals surface area contributed by atoms with Gasteiger partial charge in [-0.05, 0) is 48.2 Å². The smallest absolute Gasteiger partial charge is 0.337 e. The largest absolute Gasteiger partial charge is 0.465 e. The Labute approximate surface area is 185 Å². The van der Waals surface area contributed by atoms with Crippen molar-refractivity contribution in [1.82, 2.24) is 14.7 Å². The van der Waals surface area contributed by atoms with Crippen LogP contribution in [0.4, 0.5) is 0 Å². The SMILES string of the molecule is COC(=O)c1ccc2c(c1)nc(SCc1cc(C)on1)n2-c1ccc(C(C)(C)C)cc1. The van der Waals surface area contributed by atoms with Crippen molar-refractivity contribution in [2.45, 2.75) is 44.0 Å². The number of imidazole rings is 1. The third kappa shape index (κ3) is 4.37. The summed E-state index contributed by atoms with van der Waals surface area (Å²) in [4.78, 5) is 16.8. The van der Waals surface area contributed by atoms with Crippen molar-refractivity contribution in [3.8, 4) is 5.69 Å². The number of hydrogen-bond donors (Lipinski definition) is 0. The van der Waals surface area contributed by atoms with Crippen LogP contribution < -0.4 is 0 Å². The number of aryl methyl sites for hydroxylation is 1. The number of methoxy groups -OCH3 is 1. The van der Waals surface area contributed by atoms with Crippen molar-refractivity contribution in [2.75, 3.05) is 7.11 Å². The zero-order valence-corrected chi connectivity index (χ0v) is 19.1. The number of fused-ring (bicyclic) bond motifs is 1. The van der Waals surface area contributed by atoms with Crippen LogP contribution >= 0.6 is 11.8 Å². The Hall–Kier alpha value is -3.06. The highest BCUT2D eigenvalue weighted by atomic mass is 32.2. The van der Waals surface area contributed by atoms with Crippen molar-refractivity contribution in [1.29, 1.82) is 0 Å². The van der Waals surface area contributed by atoms with Gasteiger partial charge in [-0.3, -0.25) is 4.57 Å². The summed E-state index contributed by atoms with van der Waals surface area (Å²) in [5.41, 5.74) is 5.36. The maximum Gasteiger partial charge on any atom is 0.337 e. The van der Waals surface area contributed by atoms with Gasteiger partial charge in [0.15, 0.2) is 5.16 Å². The lowest BCUT2D eigenvalue weighted by molar-refractivity contribution is 0.0601. The fraction of sp³-hybridized carbons (Fsp3) is 0.292. The zero-order valence-electron chi connectivity index (χ0n) is 18.3. The van der Waals surface area contributed by atoms with Crippen LogP contribution in [0.15, 0.2) is 58.2 Å². The van der Waals surface area contributed by atoms with Crippen LogP contribution in [-0.4, -0.2) is 27.8 Å². The molecule has 4 rings (SSSR count). The lowest BCUT2D eigenvalue weighted by Crippen LogP contribution is -2.11. The third-order valence-corrected chi connectivity index (χ3v) is 6.03. The van der Waals surface area contributed by atoms with Crippen LogP contribution in [0.25, 0.3) is 16.7 Å². The van der Waals surface area contributed by atoms with E-state index in [0.29, 0.717) is 11.3 Å². The summed E-state index contributed by atoms with van der Waals surface area (Å²) in [7, 11) is 1.38. The normalized spacial score (nSPS) is 11.8. The fourth-order valence-electron chi connectivity index (χ4n) is 3.38. The second kappa shape index (κ2) is 8.23. The molecule has 0 radical (unpaired) electrons. The average molecular weight is 436 g/mol. The predicted octanol–water partition coefficient (Wildman–Crippen LogP) is 5.70. The molecule has 0 amide bonds. The minimum atomic E-state index is -0.377. The average Bonchev–Trinajstić information content (AvgIpc) is 3.33. The Balaban J connectivity index is 1.78. The van der Waals surface area contributed by atoms with Gasteiger partial charge in [0.1, 0.15) is 5.76 Å². The van der Waals surface area contributed by atoms with E-state index in [1.807, 2.05) is 19.1 Å². The Bertz CT molecular complexity index is 1230. The molecule has 0 aliphatic rings. The molecule has 0 unspecified atom stereocenters. The second-order valence-electron chi connectivity index (χ2n) is 8.44. The minimum absolute atomic E-state index is 0.0767. The van der Waals surface area contributed by atoms with E-state index in [9.17, 15) is 4.79 Å². The fourth-order valence-corrected chi connectivity index (χ4v) is 4.29. The molecule has 6 nitrogen and oxygen atoms in total. The van der Waals surface area contributed by atoms with E-state index in [-0.39, 0.29) is 11.4 Å². The molecule has 0 saturated carbocycles. The quantitative estimate of drug-likeness (QED) is 0.296. The highest BCUT2D eigenvalue weighted by molar-refractivity contribution is 7.98. The van der Waals surface area contributed by atoms with Crippen LogP contribution in [0, 0.1) is 6.92 Å². The molecule has 2 heterocycles. The van der Waals surface area contributed by atoms with Crippen LogP contribution in [0.5, 0.6) is 0 Å². The number of esters is 1. The molecule has 0 fully saturated rings. The number of benzene rings is 2. The highest BCUT2D eigenvalue weighted by Gasteiger charge is 2.18. The van der Waals surface area contributed by atoms with E-state index in [1.165, 1.54) is 12.7 Å². The summed E-state index contributed by atoms with van der Waals surface area (Å²) in [6.07, 6.45) is 0. The first-order valence-corrected chi connectivity index (χ1v) is 11.0. The molecule has 31 heavy (non-hydrogen) atoms. The number of carbonyl (C=O) groups is 1. The Kier molecular flexibility index (Phi) is 5.62. The number of nitrogens with zero attached hydrogens (tertiary/aromatic N) is 3. The first kappa shape index (κ1) is 21.2. The Morgan fingerprint density at radius 1 is 1.13 bits per heavy atom. The predicted molar refractivity (Wildman–Crippen MR) is 122 cm³/mol. The van der Waals surface area contributed by atoms with Gasteiger partial charge in [0, 0.05) is 17.5 Å². The topological polar surface area (TPSA) is 70.2 Å². The van der Waals surface area contributed by atoms with Gasteiger partial charge in [-0.2, -0.15) is 0 Å². The van der Waals surface area contributed by atoms with Crippen molar-refractivity contribution in [3.63, 3.8) is 0 Å². The first-order chi connectivity index (χ1) is 14.8. The highest BCUT2D eigenvalue weighted by Crippen LogP contribution is 2.32. The Morgan fingerprint density at radius 3 is 2.48 bits per heavy atom. The van der Waals surface area contributed by atoms with Gasteiger partial charge in [-0.1, -0.05) is 49.8 Å². The summed E-state index contributed by atoms with van der Waals surface area (Å²) in [5.74, 6) is 1.03. The zero-order chi connectivity index (χ0) is 22.2. The molecule has 0 atom stereocenters. The number of carbonyl (C=O) groups excluding carboxylic acids is 1. The van der Waals surface area contributed by atoms with Gasteiger partial charge in [-0.15, -0.1) is 0 Å². The molecular weight excluding hydrogens is 410 g/mol. The van der Waals surface area contributed by atoms with E-state index in [4.69, 9.17) is 14.2 Å². The molecule has 0 bridgehead atoms. The van der Waals surface area contributed by atoms with Gasteiger partial charge in [0.25, 0.3) is 0 Å². The summed E-state index contributed by atoms with van der Waals surface area (Å²) in [5, 5.41) is 4.90. The summed E-state index contributed by atoms with van der Waals surface area (Å²) in [6.45, 7) is 8.47. The molecule has 0 saturated heterocycles. The lowest BCUT2D eigenvalue weighted by atomic mass is 9.87. The number of ether oxygens (including phenoxy) is 1. The van der Waals surface area contributed by atoms with E-state index < -0.39 is 0 Å². The molecule has 4 aromatic rings. The van der Waals surface area contributed by atoms with Crippen LogP contribution in [0.1, 0.15) is 48.1 Å². The van der Waals surface area contributed by atoms with Gasteiger partial charge in [0.05, 0.1) is 29.4 Å². The molecular formula is C24H25N3O3S. The number of aromatic nitrogens is 3. The van der Waals surface area contributed by atoms with Gasteiger partial charge < -0.3 is 9.26 Å². The molecule has 0 N–H and O–H groups in total. The van der Waals surface area contributed by atoms with Crippen LogP contribution in [0.2, 0.25) is 0 Å². The maximum absolute atomic E-state index is 12.0. The molecule has 2 aromatic carbocycles. The number of hydrogen-bond acceptors (Lipinski definition) is 6. The maximum atomic E-state index is 12.0. The van der Waals surface area contributed by atoms with E-state index in [1.54, 1.807) is 23.9 Å². The van der Waals surface area contributed by atoms with Crippen LogP contribution in [-0.2, 0) is 15.9 Å². The second-order valence-corrected chi connectivity index (χ2v) is 9.38. The summed E-state index contributed by atoms with van der Waals surface area (Å²) < 4.78 is 12.2. The van der Waals surface area contributed by atoms with Crippen molar-refractivity contribution in [2.24, 2.45) is 0 Å². The van der Waals surface area contributed by atoms with E-state index in [0.717, 1.165) is 33.3 Å². The Morgan fingerprint density at radius 2 is 1.87 bits per heavy atom. The van der Waals surface area contributed by atoms with Gasteiger partial charge in [0.2, 0.25) is 0 Å². The minimum Gasteiger partial charge on any atom is -0.465 e. The summed E-state index contributed by atoms with van der Waals surface area (Å²) >= 11 is 1.58. The van der Waals surface area contributed by atoms with Crippen molar-refractivity contribution < 1.29 is 14.1 Å². The van der Waals surface area contributed by atoms with Crippen molar-refractivity contribution in [3.05, 3.63) is 71.1 Å². The monoisotopic (exact) mass is 435 g/mol. The third-order valence-electron chi connectivity index (χ3n) is 5.06. The molecule has 0 aliphatic carbocycles. The van der Waals surface area contributed by atoms with Crippen LogP contribution in [0.3, 0.4) is 0 Å². The summed E-state index contributed by atoms with van der Waals surface area (Å²) in [6, 6.07) is 15.9. The van der Waals surface area contributed by atoms with E-state index in [2.05, 4.69) is 54.8 Å². The van der Waals surface area contributed by atoms with Crippen molar-refractivity contribution >= 4 is 28.8 Å². The van der Waals surface area contributed by atoms with E-state index >= 15 is 0 Å². The number of thioether (sulfide) groups is 1. The van der Waals surface area contributed by atoms with Gasteiger partial charge >= 0.3 is 5.97 Å². The molecule has 7 heteroatoms. The first-order valence-electron chi connectivity index (χ1n) is 10.0. The molecule has 0 spiro atoms. The lowest BCUT2D eigenvalue weighted by Gasteiger charge is -2.19. The van der Waals surface area contributed by atoms with Gasteiger partial charge in [-0.25, -0.2) is 9.78 Å². The molecule has 160 valence electrons. The molecule has 2 aromatic heterocycles. The standard InChI is InChI=1S/C24H25N3O3S/c1-15-12-18(26-30-15)14-31-23-25-20-13-16(22(28)29-5)6-11-21(20)27(23)19-9-7-17(8-10-19)24(2,3)4/h6-13H,14H2,1-5H3.